The zero-order chi connectivity index (χ0) is 7.99. The molecule has 0 aromatic rings. The predicted octanol–water partition coefficient (Wildman–Crippen LogP) is 3.20. The fourth-order valence-electron chi connectivity index (χ4n) is 1.50. The second-order valence-corrected chi connectivity index (χ2v) is 4.40. The molecule has 0 nitrogen and oxygen atoms in total. The third kappa shape index (κ3) is 2.15. The fraction of sp³-hybridized carbons (Fsp3) is 0.700. The summed E-state index contributed by atoms with van der Waals surface area (Å²) < 4.78 is 0. The molecule has 1 heteroatoms. The second-order valence-electron chi connectivity index (χ2n) is 4.40. The molecule has 1 radical (unpaired) electrons. The summed E-state index contributed by atoms with van der Waals surface area (Å²) in [6, 6.07) is 0. The van der Waals surface area contributed by atoms with Crippen LogP contribution < -0.4 is 0 Å². The van der Waals surface area contributed by atoms with Crippen LogP contribution in [0.2, 0.25) is 0 Å². The van der Waals surface area contributed by atoms with E-state index in [1.54, 1.807) is 5.92 Å². The van der Waals surface area contributed by atoms with Crippen molar-refractivity contribution in [3.63, 3.8) is 0 Å². The summed E-state index contributed by atoms with van der Waals surface area (Å²) in [4.78, 5) is 0. The van der Waals surface area contributed by atoms with Gasteiger partial charge in [0, 0.05) is 32.7 Å². The summed E-state index contributed by atoms with van der Waals surface area (Å²) in [5, 5.41) is 0. The van der Waals surface area contributed by atoms with E-state index in [1.807, 2.05) is 0 Å². The van der Waals surface area contributed by atoms with E-state index in [-0.39, 0.29) is 32.7 Å². The zero-order valence-electron chi connectivity index (χ0n) is 8.23. The minimum atomic E-state index is 0. The molecule has 0 amide bonds. The van der Waals surface area contributed by atoms with Gasteiger partial charge in [-0.05, 0) is 0 Å². The molecule has 1 rings (SSSR count). The molecule has 0 spiro atoms. The maximum Gasteiger partial charge on any atom is 0 e. The Labute approximate surface area is 95.7 Å². The van der Waals surface area contributed by atoms with Crippen LogP contribution in [0, 0.1) is 16.7 Å². The van der Waals surface area contributed by atoms with E-state index in [4.69, 9.17) is 0 Å². The van der Waals surface area contributed by atoms with Crippen molar-refractivity contribution in [2.75, 3.05) is 0 Å². The Morgan fingerprint density at radius 3 is 1.27 bits per heavy atom. The molecule has 0 aromatic heterocycles. The van der Waals surface area contributed by atoms with Crippen molar-refractivity contribution < 1.29 is 32.7 Å². The van der Waals surface area contributed by atoms with Gasteiger partial charge in [0.25, 0.3) is 0 Å². The van der Waals surface area contributed by atoms with Gasteiger partial charge in [0.1, 0.15) is 0 Å². The Morgan fingerprint density at radius 2 is 1.18 bits per heavy atom. The number of rotatable bonds is 0. The van der Waals surface area contributed by atoms with Crippen molar-refractivity contribution in [2.45, 2.75) is 34.6 Å². The Hall–Kier alpha value is 0.844. The van der Waals surface area contributed by atoms with Gasteiger partial charge >= 0.3 is 0 Å². The van der Waals surface area contributed by atoms with E-state index in [2.05, 4.69) is 46.8 Å². The quantitative estimate of drug-likeness (QED) is 0.439. The molecule has 0 saturated heterocycles. The zero-order valence-corrected chi connectivity index (χ0v) is 11.1. The Morgan fingerprint density at radius 1 is 0.909 bits per heavy atom. The van der Waals surface area contributed by atoms with Gasteiger partial charge in [-0.2, -0.15) is 6.92 Å². The maximum atomic E-state index is 2.31. The number of hydrogen-bond acceptors (Lipinski definition) is 0. The van der Waals surface area contributed by atoms with Crippen molar-refractivity contribution in [3.05, 3.63) is 18.1 Å². The van der Waals surface area contributed by atoms with Crippen LogP contribution in [0.25, 0.3) is 0 Å². The van der Waals surface area contributed by atoms with Crippen molar-refractivity contribution in [2.24, 2.45) is 10.8 Å². The van der Waals surface area contributed by atoms with E-state index in [1.165, 1.54) is 0 Å². The van der Waals surface area contributed by atoms with Gasteiger partial charge < -0.3 is 0 Å². The normalized spacial score (nSPS) is 26.6. The molecule has 11 heavy (non-hydrogen) atoms. The van der Waals surface area contributed by atoms with Crippen LogP contribution in [0.4, 0.5) is 0 Å². The molecule has 61 valence electrons. The van der Waals surface area contributed by atoms with Gasteiger partial charge in [-0.15, -0.1) is 23.0 Å². The molecule has 0 bridgehead atoms. The van der Waals surface area contributed by atoms with Gasteiger partial charge in [0.2, 0.25) is 0 Å². The molecule has 0 aliphatic heterocycles. The van der Waals surface area contributed by atoms with E-state index >= 15 is 0 Å². The standard InChI is InChI=1S/C10H17.Y/c1-8-9(2,3)6-7-10(8,4)5;/h6-7H,1-5H3;/q-1;. The first kappa shape index (κ1) is 11.8. The van der Waals surface area contributed by atoms with E-state index in [0.717, 1.165) is 0 Å². The van der Waals surface area contributed by atoms with Crippen molar-refractivity contribution >= 4 is 0 Å². The Bertz CT molecular complexity index is 148. The van der Waals surface area contributed by atoms with Crippen LogP contribution in [-0.4, -0.2) is 0 Å². The largest absolute Gasteiger partial charge is 0.298 e. The second kappa shape index (κ2) is 3.30. The smallest absolute Gasteiger partial charge is 0 e. The van der Waals surface area contributed by atoms with Crippen LogP contribution in [0.3, 0.4) is 0 Å². The molecule has 0 fully saturated rings. The Balaban J connectivity index is 0.000001000. The van der Waals surface area contributed by atoms with Crippen molar-refractivity contribution in [1.29, 1.82) is 0 Å². The van der Waals surface area contributed by atoms with Gasteiger partial charge in [-0.3, -0.25) is 5.92 Å². The van der Waals surface area contributed by atoms with Gasteiger partial charge in [0.05, 0.1) is 0 Å². The average molecular weight is 226 g/mol. The molecular formula is C10H17Y-. The van der Waals surface area contributed by atoms with Crippen molar-refractivity contribution in [3.8, 4) is 0 Å². The van der Waals surface area contributed by atoms with Crippen LogP contribution >= 0.6 is 0 Å². The van der Waals surface area contributed by atoms with E-state index in [0.29, 0.717) is 10.8 Å². The molecule has 0 N–H and O–H groups in total. The Kier molecular flexibility index (Phi) is 3.55. The maximum absolute atomic E-state index is 2.31. The molecule has 0 aromatic carbocycles. The van der Waals surface area contributed by atoms with Crippen LogP contribution in [0.15, 0.2) is 12.2 Å². The minimum absolute atomic E-state index is 0. The summed E-state index contributed by atoms with van der Waals surface area (Å²) >= 11 is 0. The van der Waals surface area contributed by atoms with Crippen molar-refractivity contribution in [1.82, 2.24) is 0 Å². The summed E-state index contributed by atoms with van der Waals surface area (Å²) in [6.07, 6.45) is 4.62. The first-order chi connectivity index (χ1) is 4.36. The first-order valence-electron chi connectivity index (χ1n) is 3.91. The monoisotopic (exact) mass is 226 g/mol. The van der Waals surface area contributed by atoms with Gasteiger partial charge in [-0.1, -0.05) is 27.7 Å². The van der Waals surface area contributed by atoms with Crippen LogP contribution in [-0.2, 0) is 32.7 Å². The number of hydrogen-bond donors (Lipinski definition) is 0. The van der Waals surface area contributed by atoms with Gasteiger partial charge in [0.15, 0.2) is 0 Å². The van der Waals surface area contributed by atoms with Crippen LogP contribution in [0.5, 0.6) is 0 Å². The average Bonchev–Trinajstić information content (AvgIpc) is 1.95. The van der Waals surface area contributed by atoms with E-state index in [9.17, 15) is 0 Å². The summed E-state index contributed by atoms with van der Waals surface area (Å²) in [6.45, 7) is 11.3. The molecule has 1 aliphatic carbocycles. The molecular weight excluding hydrogens is 209 g/mol. The molecule has 0 heterocycles. The first-order valence-corrected chi connectivity index (χ1v) is 3.91. The summed E-state index contributed by atoms with van der Waals surface area (Å²) in [5.74, 6) is 1.57. The molecule has 0 atom stereocenters. The SMILES string of the molecule is C[C-]1C(C)(C)C=CC1(C)C.[Y]. The van der Waals surface area contributed by atoms with Crippen LogP contribution in [0.1, 0.15) is 34.6 Å². The van der Waals surface area contributed by atoms with E-state index < -0.39 is 0 Å². The topological polar surface area (TPSA) is 0 Å². The summed E-state index contributed by atoms with van der Waals surface area (Å²) in [5.41, 5.74) is 0.646. The fourth-order valence-corrected chi connectivity index (χ4v) is 1.50. The third-order valence-corrected chi connectivity index (χ3v) is 2.85. The minimum Gasteiger partial charge on any atom is -0.298 e. The molecule has 0 saturated carbocycles. The molecule has 0 unspecified atom stereocenters. The third-order valence-electron chi connectivity index (χ3n) is 2.85. The van der Waals surface area contributed by atoms with Gasteiger partial charge in [-0.25, -0.2) is 0 Å². The molecule has 1 aliphatic rings. The summed E-state index contributed by atoms with van der Waals surface area (Å²) in [7, 11) is 0. The predicted molar refractivity (Wildman–Crippen MR) is 45.6 cm³/mol. The number of allylic oxidation sites excluding steroid dienone is 2.